The second-order valence-electron chi connectivity index (χ2n) is 8.59. The highest BCUT2D eigenvalue weighted by Crippen LogP contribution is 2.33. The van der Waals surface area contributed by atoms with Crippen LogP contribution in [0.3, 0.4) is 0 Å². The van der Waals surface area contributed by atoms with Crippen molar-refractivity contribution in [2.75, 3.05) is 51.8 Å². The second-order valence-corrected chi connectivity index (χ2v) is 11.5. The van der Waals surface area contributed by atoms with Gasteiger partial charge in [-0.05, 0) is 55.3 Å². The largest absolute Gasteiger partial charge is 0.497 e. The number of thiazole rings is 1. The highest BCUT2D eigenvalue weighted by molar-refractivity contribution is 7.89. The maximum absolute atomic E-state index is 13.4. The van der Waals surface area contributed by atoms with Crippen LogP contribution in [0.5, 0.6) is 11.5 Å². The minimum absolute atomic E-state index is 0.117. The predicted molar refractivity (Wildman–Crippen MR) is 135 cm³/mol. The van der Waals surface area contributed by atoms with E-state index in [1.807, 2.05) is 18.2 Å². The molecular formula is C24H28N4O5S2. The van der Waals surface area contributed by atoms with Gasteiger partial charge in [-0.15, -0.1) is 0 Å². The summed E-state index contributed by atoms with van der Waals surface area (Å²) in [5.41, 5.74) is 0.926. The molecule has 2 saturated heterocycles. The van der Waals surface area contributed by atoms with E-state index in [1.165, 1.54) is 23.5 Å². The molecule has 3 heterocycles. The van der Waals surface area contributed by atoms with Crippen LogP contribution in [0.15, 0.2) is 47.4 Å². The average molecular weight is 517 g/mol. The first-order valence-corrected chi connectivity index (χ1v) is 13.8. The van der Waals surface area contributed by atoms with E-state index in [0.717, 1.165) is 21.1 Å². The minimum Gasteiger partial charge on any atom is -0.497 e. The first-order valence-electron chi connectivity index (χ1n) is 11.5. The van der Waals surface area contributed by atoms with Gasteiger partial charge in [0, 0.05) is 32.7 Å². The van der Waals surface area contributed by atoms with Gasteiger partial charge in [-0.2, -0.15) is 4.31 Å². The third-order valence-electron chi connectivity index (χ3n) is 6.60. The summed E-state index contributed by atoms with van der Waals surface area (Å²) in [5, 5.41) is 0.921. The van der Waals surface area contributed by atoms with E-state index in [2.05, 4.69) is 4.90 Å². The molecule has 35 heavy (non-hydrogen) atoms. The standard InChI is InChI=1S/C24H28N4O5S2/c1-32-17-5-8-19(9-6-17)35(30,31)28-11-3-4-21(28)23(29)26-12-14-27(15-13-26)24-25-20-10-7-18(33-2)16-22(20)34-24/h5-10,16,21H,3-4,11-15H2,1-2H3. The van der Waals surface area contributed by atoms with E-state index >= 15 is 0 Å². The van der Waals surface area contributed by atoms with Crippen molar-refractivity contribution >= 4 is 42.6 Å². The third-order valence-corrected chi connectivity index (χ3v) is 9.60. The molecule has 1 amide bonds. The molecule has 2 fully saturated rings. The molecule has 0 saturated carbocycles. The number of benzene rings is 2. The molecule has 186 valence electrons. The molecule has 9 nitrogen and oxygen atoms in total. The summed E-state index contributed by atoms with van der Waals surface area (Å²) >= 11 is 1.61. The van der Waals surface area contributed by atoms with Gasteiger partial charge in [0.2, 0.25) is 15.9 Å². The van der Waals surface area contributed by atoms with E-state index in [0.29, 0.717) is 51.3 Å². The molecule has 1 aromatic heterocycles. The summed E-state index contributed by atoms with van der Waals surface area (Å²) in [4.78, 5) is 22.3. The SMILES string of the molecule is COc1ccc(S(=O)(=O)N2CCCC2C(=O)N2CCN(c3nc4ccc(OC)cc4s3)CC2)cc1. The Labute approximate surface area is 208 Å². The Morgan fingerprint density at radius 1 is 0.971 bits per heavy atom. The highest BCUT2D eigenvalue weighted by atomic mass is 32.2. The zero-order valence-corrected chi connectivity index (χ0v) is 21.3. The molecule has 0 aliphatic carbocycles. The number of aromatic nitrogens is 1. The van der Waals surface area contributed by atoms with E-state index in [4.69, 9.17) is 14.5 Å². The van der Waals surface area contributed by atoms with Crippen LogP contribution in [-0.4, -0.2) is 81.5 Å². The molecule has 1 unspecified atom stereocenters. The van der Waals surface area contributed by atoms with Crippen LogP contribution in [0, 0.1) is 0 Å². The predicted octanol–water partition coefficient (Wildman–Crippen LogP) is 2.82. The lowest BCUT2D eigenvalue weighted by Gasteiger charge is -2.37. The van der Waals surface area contributed by atoms with Crippen molar-refractivity contribution in [3.8, 4) is 11.5 Å². The van der Waals surface area contributed by atoms with Crippen LogP contribution in [0.25, 0.3) is 10.2 Å². The lowest BCUT2D eigenvalue weighted by Crippen LogP contribution is -2.54. The van der Waals surface area contributed by atoms with Crippen molar-refractivity contribution in [1.82, 2.24) is 14.2 Å². The van der Waals surface area contributed by atoms with Gasteiger partial charge >= 0.3 is 0 Å². The molecule has 2 aromatic carbocycles. The van der Waals surface area contributed by atoms with Crippen molar-refractivity contribution < 1.29 is 22.7 Å². The van der Waals surface area contributed by atoms with Crippen LogP contribution < -0.4 is 14.4 Å². The van der Waals surface area contributed by atoms with Crippen molar-refractivity contribution in [2.24, 2.45) is 0 Å². The molecule has 2 aliphatic rings. The Balaban J connectivity index is 1.26. The fraction of sp³-hybridized carbons (Fsp3) is 0.417. The summed E-state index contributed by atoms with van der Waals surface area (Å²) < 4.78 is 39.4. The van der Waals surface area contributed by atoms with Gasteiger partial charge in [-0.25, -0.2) is 13.4 Å². The van der Waals surface area contributed by atoms with Crippen LogP contribution in [0.2, 0.25) is 0 Å². The average Bonchev–Trinajstić information content (AvgIpc) is 3.56. The van der Waals surface area contributed by atoms with Gasteiger partial charge in [-0.3, -0.25) is 4.79 Å². The quantitative estimate of drug-likeness (QED) is 0.498. The normalized spacial score (nSPS) is 19.3. The number of ether oxygens (including phenoxy) is 2. The van der Waals surface area contributed by atoms with Crippen LogP contribution in [0.4, 0.5) is 5.13 Å². The van der Waals surface area contributed by atoms with Crippen molar-refractivity contribution in [1.29, 1.82) is 0 Å². The lowest BCUT2D eigenvalue weighted by molar-refractivity contribution is -0.134. The number of nitrogens with zero attached hydrogens (tertiary/aromatic N) is 4. The Kier molecular flexibility index (Phi) is 6.56. The van der Waals surface area contributed by atoms with Crippen LogP contribution >= 0.6 is 11.3 Å². The first-order chi connectivity index (χ1) is 16.9. The van der Waals surface area contributed by atoms with E-state index in [1.54, 1.807) is 35.5 Å². The summed E-state index contributed by atoms with van der Waals surface area (Å²) in [6.45, 7) is 2.72. The molecule has 0 spiro atoms. The Hall–Kier alpha value is -2.89. The zero-order valence-electron chi connectivity index (χ0n) is 19.7. The molecule has 0 bridgehead atoms. The molecule has 5 rings (SSSR count). The van der Waals surface area contributed by atoms with Gasteiger partial charge in [0.05, 0.1) is 29.3 Å². The van der Waals surface area contributed by atoms with Crippen molar-refractivity contribution in [3.05, 3.63) is 42.5 Å². The van der Waals surface area contributed by atoms with E-state index in [-0.39, 0.29) is 10.8 Å². The summed E-state index contributed by atoms with van der Waals surface area (Å²) in [5.74, 6) is 1.27. The fourth-order valence-corrected chi connectivity index (χ4v) is 7.34. The second kappa shape index (κ2) is 9.63. The topological polar surface area (TPSA) is 92.3 Å². The number of methoxy groups -OCH3 is 2. The monoisotopic (exact) mass is 516 g/mol. The molecule has 11 heteroatoms. The van der Waals surface area contributed by atoms with E-state index < -0.39 is 16.1 Å². The Morgan fingerprint density at radius 2 is 1.66 bits per heavy atom. The maximum Gasteiger partial charge on any atom is 0.243 e. The zero-order chi connectivity index (χ0) is 24.6. The lowest BCUT2D eigenvalue weighted by atomic mass is 10.2. The first kappa shape index (κ1) is 23.8. The smallest absolute Gasteiger partial charge is 0.243 e. The van der Waals surface area contributed by atoms with Gasteiger partial charge < -0.3 is 19.3 Å². The minimum atomic E-state index is -3.77. The van der Waals surface area contributed by atoms with Crippen LogP contribution in [-0.2, 0) is 14.8 Å². The van der Waals surface area contributed by atoms with E-state index in [9.17, 15) is 13.2 Å². The van der Waals surface area contributed by atoms with Crippen molar-refractivity contribution in [3.63, 3.8) is 0 Å². The van der Waals surface area contributed by atoms with Gasteiger partial charge in [0.1, 0.15) is 17.5 Å². The molecule has 2 aliphatic heterocycles. The number of hydrogen-bond acceptors (Lipinski definition) is 8. The summed E-state index contributed by atoms with van der Waals surface area (Å²) in [6, 6.07) is 11.5. The Morgan fingerprint density at radius 3 is 2.34 bits per heavy atom. The van der Waals surface area contributed by atoms with Gasteiger partial charge in [0.15, 0.2) is 5.13 Å². The summed E-state index contributed by atoms with van der Waals surface area (Å²) in [7, 11) is -0.590. The molecule has 1 atom stereocenters. The number of fused-ring (bicyclic) bond motifs is 1. The Bertz CT molecular complexity index is 1320. The number of sulfonamides is 1. The maximum atomic E-state index is 13.4. The number of amides is 1. The molecule has 0 radical (unpaired) electrons. The number of rotatable bonds is 6. The molecule has 0 N–H and O–H groups in total. The van der Waals surface area contributed by atoms with Crippen molar-refractivity contribution in [2.45, 2.75) is 23.8 Å². The van der Waals surface area contributed by atoms with Gasteiger partial charge in [0.25, 0.3) is 0 Å². The van der Waals surface area contributed by atoms with Gasteiger partial charge in [-0.1, -0.05) is 11.3 Å². The van der Waals surface area contributed by atoms with Crippen LogP contribution in [0.1, 0.15) is 12.8 Å². The highest BCUT2D eigenvalue weighted by Gasteiger charge is 2.41. The number of anilines is 1. The number of hydrogen-bond donors (Lipinski definition) is 0. The fourth-order valence-electron chi connectivity index (χ4n) is 4.64. The third kappa shape index (κ3) is 4.55. The number of piperazine rings is 1. The molecule has 3 aromatic rings. The number of carbonyl (C=O) groups excluding carboxylic acids is 1. The molecular weight excluding hydrogens is 488 g/mol. The number of carbonyl (C=O) groups is 1. The summed E-state index contributed by atoms with van der Waals surface area (Å²) in [6.07, 6.45) is 1.20.